The monoisotopic (exact) mass is 359 g/mol. The maximum absolute atomic E-state index is 12.6. The van der Waals surface area contributed by atoms with Crippen molar-refractivity contribution in [3.8, 4) is 0 Å². The van der Waals surface area contributed by atoms with Gasteiger partial charge >= 0.3 is 0 Å². The summed E-state index contributed by atoms with van der Waals surface area (Å²) in [6.07, 6.45) is 3.03. The molecule has 2 aromatic heterocycles. The van der Waals surface area contributed by atoms with E-state index in [-0.39, 0.29) is 23.7 Å². The molecule has 0 radical (unpaired) electrons. The Hall–Kier alpha value is -2.71. The van der Waals surface area contributed by atoms with Crippen LogP contribution in [0.1, 0.15) is 16.1 Å². The van der Waals surface area contributed by atoms with Gasteiger partial charge in [-0.2, -0.15) is 0 Å². The van der Waals surface area contributed by atoms with Crippen LogP contribution in [0.25, 0.3) is 10.9 Å². The van der Waals surface area contributed by atoms with Crippen LogP contribution in [-0.2, 0) is 10.0 Å². The Morgan fingerprint density at radius 1 is 1.16 bits per heavy atom. The van der Waals surface area contributed by atoms with Gasteiger partial charge in [-0.1, -0.05) is 6.07 Å². The van der Waals surface area contributed by atoms with Crippen LogP contribution in [0, 0.1) is 6.92 Å². The minimum atomic E-state index is -3.72. The van der Waals surface area contributed by atoms with Crippen LogP contribution in [0.15, 0.2) is 58.2 Å². The maximum atomic E-state index is 12.6. The molecule has 25 heavy (non-hydrogen) atoms. The molecule has 1 aromatic carbocycles. The van der Waals surface area contributed by atoms with Crippen molar-refractivity contribution in [1.29, 1.82) is 0 Å². The Morgan fingerprint density at radius 3 is 2.76 bits per heavy atom. The van der Waals surface area contributed by atoms with Crippen LogP contribution in [0.4, 0.5) is 0 Å². The number of carbonyl (C=O) groups is 1. The summed E-state index contributed by atoms with van der Waals surface area (Å²) < 4.78 is 32.6. The molecule has 0 aliphatic carbocycles. The molecule has 2 N–H and O–H groups in total. The van der Waals surface area contributed by atoms with Gasteiger partial charge in [-0.3, -0.25) is 9.78 Å². The average molecular weight is 359 g/mol. The molecular formula is C17H17N3O4S. The van der Waals surface area contributed by atoms with Gasteiger partial charge in [0.25, 0.3) is 5.91 Å². The third-order valence-corrected chi connectivity index (χ3v) is 5.19. The van der Waals surface area contributed by atoms with Crippen LogP contribution >= 0.6 is 0 Å². The number of rotatable bonds is 6. The molecule has 3 aromatic rings. The van der Waals surface area contributed by atoms with Gasteiger partial charge in [0.15, 0.2) is 5.76 Å². The fourth-order valence-corrected chi connectivity index (χ4v) is 3.68. The van der Waals surface area contributed by atoms with Crippen molar-refractivity contribution in [3.05, 3.63) is 60.2 Å². The van der Waals surface area contributed by atoms with Gasteiger partial charge in [-0.05, 0) is 42.8 Å². The van der Waals surface area contributed by atoms with Crippen molar-refractivity contribution >= 4 is 26.8 Å². The van der Waals surface area contributed by atoms with Gasteiger partial charge in [0, 0.05) is 24.7 Å². The summed E-state index contributed by atoms with van der Waals surface area (Å²) in [6.45, 7) is 2.08. The fourth-order valence-electron chi connectivity index (χ4n) is 2.46. The van der Waals surface area contributed by atoms with E-state index < -0.39 is 15.9 Å². The number of furan rings is 1. The number of aromatic nitrogens is 1. The zero-order valence-electron chi connectivity index (χ0n) is 13.5. The molecule has 7 nitrogen and oxygen atoms in total. The Bertz CT molecular complexity index is 998. The highest BCUT2D eigenvalue weighted by Gasteiger charge is 2.18. The third-order valence-electron chi connectivity index (χ3n) is 3.67. The van der Waals surface area contributed by atoms with Gasteiger partial charge in [0.2, 0.25) is 10.0 Å². The van der Waals surface area contributed by atoms with Gasteiger partial charge in [-0.25, -0.2) is 13.1 Å². The summed E-state index contributed by atoms with van der Waals surface area (Å²) >= 11 is 0. The van der Waals surface area contributed by atoms with E-state index in [0.717, 1.165) is 5.56 Å². The van der Waals surface area contributed by atoms with E-state index in [1.165, 1.54) is 12.3 Å². The highest BCUT2D eigenvalue weighted by Crippen LogP contribution is 2.23. The lowest BCUT2D eigenvalue weighted by molar-refractivity contribution is 0.0926. The van der Waals surface area contributed by atoms with Crippen molar-refractivity contribution in [2.75, 3.05) is 13.1 Å². The highest BCUT2D eigenvalue weighted by molar-refractivity contribution is 7.89. The summed E-state index contributed by atoms with van der Waals surface area (Å²) in [5, 5.41) is 3.15. The van der Waals surface area contributed by atoms with E-state index >= 15 is 0 Å². The van der Waals surface area contributed by atoms with Gasteiger partial charge in [-0.15, -0.1) is 0 Å². The van der Waals surface area contributed by atoms with E-state index in [1.807, 2.05) is 6.92 Å². The predicted molar refractivity (Wildman–Crippen MR) is 92.7 cm³/mol. The molecule has 0 aliphatic heterocycles. The number of hydrogen-bond donors (Lipinski definition) is 2. The number of fused-ring (bicyclic) bond motifs is 1. The number of sulfonamides is 1. The van der Waals surface area contributed by atoms with Crippen molar-refractivity contribution in [1.82, 2.24) is 15.0 Å². The molecule has 8 heteroatoms. The van der Waals surface area contributed by atoms with Crippen LogP contribution in [-0.4, -0.2) is 32.4 Å². The predicted octanol–water partition coefficient (Wildman–Crippen LogP) is 1.84. The molecule has 1 amide bonds. The molecule has 0 aliphatic rings. The van der Waals surface area contributed by atoms with Crippen molar-refractivity contribution < 1.29 is 17.6 Å². The average Bonchev–Trinajstić information content (AvgIpc) is 3.13. The van der Waals surface area contributed by atoms with E-state index in [2.05, 4.69) is 15.0 Å². The zero-order valence-corrected chi connectivity index (χ0v) is 14.3. The van der Waals surface area contributed by atoms with E-state index in [1.54, 1.807) is 36.5 Å². The first-order valence-electron chi connectivity index (χ1n) is 7.65. The number of benzene rings is 1. The smallest absolute Gasteiger partial charge is 0.287 e. The second kappa shape index (κ2) is 7.04. The molecule has 3 rings (SSSR count). The molecule has 0 saturated heterocycles. The number of aryl methyl sites for hydroxylation is 1. The van der Waals surface area contributed by atoms with Gasteiger partial charge in [0.05, 0.1) is 16.7 Å². The molecule has 130 valence electrons. The maximum Gasteiger partial charge on any atom is 0.287 e. The summed E-state index contributed by atoms with van der Waals surface area (Å²) in [5.74, 6) is -0.215. The molecule has 0 fully saturated rings. The number of amides is 1. The van der Waals surface area contributed by atoms with E-state index in [9.17, 15) is 13.2 Å². The van der Waals surface area contributed by atoms with Crippen LogP contribution in [0.2, 0.25) is 0 Å². The Morgan fingerprint density at radius 2 is 2.00 bits per heavy atom. The minimum Gasteiger partial charge on any atom is -0.459 e. The van der Waals surface area contributed by atoms with Gasteiger partial charge in [0.1, 0.15) is 0 Å². The number of pyridine rings is 1. The van der Waals surface area contributed by atoms with Crippen molar-refractivity contribution in [3.63, 3.8) is 0 Å². The third kappa shape index (κ3) is 3.70. The number of nitrogens with zero attached hydrogens (tertiary/aromatic N) is 1. The largest absolute Gasteiger partial charge is 0.459 e. The first kappa shape index (κ1) is 17.1. The number of hydrogen-bond acceptors (Lipinski definition) is 5. The molecule has 0 unspecified atom stereocenters. The lowest BCUT2D eigenvalue weighted by Gasteiger charge is -2.11. The molecule has 0 bridgehead atoms. The van der Waals surface area contributed by atoms with Crippen molar-refractivity contribution in [2.45, 2.75) is 11.8 Å². The number of nitrogens with one attached hydrogen (secondary N) is 2. The van der Waals surface area contributed by atoms with Crippen LogP contribution in [0.3, 0.4) is 0 Å². The second-order valence-corrected chi connectivity index (χ2v) is 7.15. The first-order valence-corrected chi connectivity index (χ1v) is 9.13. The molecule has 2 heterocycles. The quantitative estimate of drug-likeness (QED) is 0.654. The van der Waals surface area contributed by atoms with Crippen LogP contribution in [0.5, 0.6) is 0 Å². The van der Waals surface area contributed by atoms with Gasteiger partial charge < -0.3 is 9.73 Å². The Kier molecular flexibility index (Phi) is 4.82. The SMILES string of the molecule is Cc1ccc(S(=O)(=O)NCCNC(=O)c2ccco2)c2cccnc12. The topological polar surface area (TPSA) is 101 Å². The zero-order chi connectivity index (χ0) is 17.9. The standard InChI is InChI=1S/C17H17N3O4S/c1-12-6-7-15(13-4-2-8-18-16(12)13)25(22,23)20-10-9-19-17(21)14-5-3-11-24-14/h2-8,11,20H,9-10H2,1H3,(H,19,21). The highest BCUT2D eigenvalue weighted by atomic mass is 32.2. The normalized spacial score (nSPS) is 11.6. The van der Waals surface area contributed by atoms with Crippen LogP contribution < -0.4 is 10.0 Å². The molecule has 0 saturated carbocycles. The molecule has 0 atom stereocenters. The fraction of sp³-hybridized carbons (Fsp3) is 0.176. The van der Waals surface area contributed by atoms with E-state index in [0.29, 0.717) is 10.9 Å². The number of carbonyl (C=O) groups excluding carboxylic acids is 1. The molecular weight excluding hydrogens is 342 g/mol. The molecule has 0 spiro atoms. The lowest BCUT2D eigenvalue weighted by atomic mass is 10.1. The Balaban J connectivity index is 1.69. The first-order chi connectivity index (χ1) is 12.0. The summed E-state index contributed by atoms with van der Waals surface area (Å²) in [4.78, 5) is 16.1. The van der Waals surface area contributed by atoms with Crippen molar-refractivity contribution in [2.24, 2.45) is 0 Å². The Labute approximate surface area is 145 Å². The summed E-state index contributed by atoms with van der Waals surface area (Å²) in [7, 11) is -3.72. The lowest BCUT2D eigenvalue weighted by Crippen LogP contribution is -2.34. The summed E-state index contributed by atoms with van der Waals surface area (Å²) in [5.41, 5.74) is 1.55. The summed E-state index contributed by atoms with van der Waals surface area (Å²) in [6, 6.07) is 9.84. The minimum absolute atomic E-state index is 0.0599. The van der Waals surface area contributed by atoms with E-state index in [4.69, 9.17) is 4.42 Å². The second-order valence-electron chi connectivity index (χ2n) is 5.41.